The lowest BCUT2D eigenvalue weighted by molar-refractivity contribution is 0.0366. The van der Waals surface area contributed by atoms with Crippen molar-refractivity contribution in [2.45, 2.75) is 70.1 Å². The van der Waals surface area contributed by atoms with Gasteiger partial charge in [-0.3, -0.25) is 0 Å². The van der Waals surface area contributed by atoms with Crippen molar-refractivity contribution >= 4 is 50.3 Å². The van der Waals surface area contributed by atoms with Gasteiger partial charge in [-0.15, -0.1) is 11.3 Å². The van der Waals surface area contributed by atoms with Crippen molar-refractivity contribution in [3.05, 3.63) is 72.3 Å². The third-order valence-electron chi connectivity index (χ3n) is 8.93. The van der Waals surface area contributed by atoms with Crippen molar-refractivity contribution in [2.75, 3.05) is 6.54 Å². The van der Waals surface area contributed by atoms with E-state index in [-0.39, 0.29) is 0 Å². The SMILES string of the molecule is CC(C)(C)OC(=O)NC1(c2nc3ccc(-c4ccc(-c5ccc6c(ccc7[nH]c(C8CCCN8)nc76)c5)s4)cc3[nH]2)CCC1. The van der Waals surface area contributed by atoms with E-state index >= 15 is 0 Å². The molecule has 1 aliphatic carbocycles. The van der Waals surface area contributed by atoms with Gasteiger partial charge in [-0.2, -0.15) is 0 Å². The summed E-state index contributed by atoms with van der Waals surface area (Å²) in [6, 6.07) is 22.1. The standard InChI is InChI=1S/C35H36N6O2S/c1-34(2,3)43-33(42)41-35(15-5-16-35)32-38-24-11-9-22(19-27(24)39-32)29-14-13-28(44-29)21-7-10-23-20(18-21)8-12-25-30(23)40-31(37-25)26-6-4-17-36-26/h7-14,18-19,26,36H,4-6,15-17H2,1-3H3,(H,37,40)(H,38,39)(H,41,42). The Balaban J connectivity index is 1.06. The van der Waals surface area contributed by atoms with E-state index in [0.29, 0.717) is 6.04 Å². The number of carbonyl (C=O) groups excluding carboxylic acids is 1. The molecule has 1 unspecified atom stereocenters. The fourth-order valence-corrected chi connectivity index (χ4v) is 7.54. The van der Waals surface area contributed by atoms with Crippen LogP contribution in [-0.2, 0) is 10.3 Å². The highest BCUT2D eigenvalue weighted by molar-refractivity contribution is 7.18. The average molecular weight is 605 g/mol. The number of aromatic nitrogens is 4. The molecule has 224 valence electrons. The molecule has 1 aliphatic heterocycles. The number of nitrogens with zero attached hydrogens (tertiary/aromatic N) is 2. The second-order valence-electron chi connectivity index (χ2n) is 13.2. The van der Waals surface area contributed by atoms with Crippen LogP contribution in [0, 0.1) is 0 Å². The topological polar surface area (TPSA) is 108 Å². The monoisotopic (exact) mass is 604 g/mol. The molecule has 8 nitrogen and oxygen atoms in total. The highest BCUT2D eigenvalue weighted by Crippen LogP contribution is 2.42. The van der Waals surface area contributed by atoms with Crippen molar-refractivity contribution in [1.82, 2.24) is 30.6 Å². The van der Waals surface area contributed by atoms with E-state index in [0.717, 1.165) is 71.5 Å². The second kappa shape index (κ2) is 10.2. The number of hydrogen-bond donors (Lipinski definition) is 4. The number of benzene rings is 3. The molecule has 8 rings (SSSR count). The first-order valence-electron chi connectivity index (χ1n) is 15.5. The molecular weight excluding hydrogens is 568 g/mol. The molecular formula is C35H36N6O2S. The zero-order valence-corrected chi connectivity index (χ0v) is 26.0. The summed E-state index contributed by atoms with van der Waals surface area (Å²) >= 11 is 1.78. The number of carbonyl (C=O) groups is 1. The van der Waals surface area contributed by atoms with Gasteiger partial charge in [0, 0.05) is 15.1 Å². The maximum atomic E-state index is 12.6. The lowest BCUT2D eigenvalue weighted by Crippen LogP contribution is -2.52. The van der Waals surface area contributed by atoms with Crippen molar-refractivity contribution in [2.24, 2.45) is 0 Å². The number of imidazole rings is 2. The van der Waals surface area contributed by atoms with Crippen LogP contribution in [0.25, 0.3) is 53.7 Å². The molecule has 6 aromatic rings. The molecule has 0 bridgehead atoms. The Labute approximate surface area is 259 Å². The van der Waals surface area contributed by atoms with Crippen molar-refractivity contribution in [3.8, 4) is 20.9 Å². The van der Waals surface area contributed by atoms with Crippen LogP contribution in [0.1, 0.15) is 70.6 Å². The quantitative estimate of drug-likeness (QED) is 0.158. The van der Waals surface area contributed by atoms with Crippen molar-refractivity contribution in [1.29, 1.82) is 0 Å². The molecule has 1 amide bonds. The summed E-state index contributed by atoms with van der Waals surface area (Å²) in [5, 5.41) is 9.02. The molecule has 4 heterocycles. The van der Waals surface area contributed by atoms with E-state index in [1.54, 1.807) is 11.3 Å². The number of aromatic amines is 2. The molecule has 2 fully saturated rings. The molecule has 9 heteroatoms. The van der Waals surface area contributed by atoms with Crippen LogP contribution in [0.15, 0.2) is 60.7 Å². The predicted octanol–water partition coefficient (Wildman–Crippen LogP) is 8.32. The van der Waals surface area contributed by atoms with Crippen LogP contribution in [0.2, 0.25) is 0 Å². The number of rotatable bonds is 5. The number of hydrogen-bond acceptors (Lipinski definition) is 6. The lowest BCUT2D eigenvalue weighted by Gasteiger charge is -2.40. The minimum atomic E-state index is -0.549. The first kappa shape index (κ1) is 27.3. The van der Waals surface area contributed by atoms with E-state index in [1.807, 2.05) is 20.8 Å². The van der Waals surface area contributed by atoms with Crippen molar-refractivity contribution in [3.63, 3.8) is 0 Å². The number of thiophene rings is 1. The van der Waals surface area contributed by atoms with Gasteiger partial charge in [0.25, 0.3) is 0 Å². The Morgan fingerprint density at radius 2 is 1.73 bits per heavy atom. The van der Waals surface area contributed by atoms with Gasteiger partial charge in [0.05, 0.1) is 28.1 Å². The van der Waals surface area contributed by atoms with Crippen LogP contribution in [-0.4, -0.2) is 38.2 Å². The Morgan fingerprint density at radius 1 is 0.932 bits per heavy atom. The summed E-state index contributed by atoms with van der Waals surface area (Å²) in [6.07, 6.45) is 4.63. The van der Waals surface area contributed by atoms with E-state index < -0.39 is 17.2 Å². The molecule has 2 aliphatic rings. The number of amides is 1. The smallest absolute Gasteiger partial charge is 0.408 e. The second-order valence-corrected chi connectivity index (χ2v) is 14.3. The van der Waals surface area contributed by atoms with Gasteiger partial charge in [-0.05, 0) is 112 Å². The molecule has 4 N–H and O–H groups in total. The summed E-state index contributed by atoms with van der Waals surface area (Å²) in [7, 11) is 0. The Morgan fingerprint density at radius 3 is 2.45 bits per heavy atom. The fourth-order valence-electron chi connectivity index (χ4n) is 6.55. The number of fused-ring (bicyclic) bond motifs is 4. The molecule has 3 aromatic carbocycles. The fraction of sp³-hybridized carbons (Fsp3) is 0.343. The predicted molar refractivity (Wildman–Crippen MR) is 177 cm³/mol. The molecule has 1 saturated heterocycles. The zero-order valence-electron chi connectivity index (χ0n) is 25.2. The molecule has 1 saturated carbocycles. The van der Waals surface area contributed by atoms with E-state index in [9.17, 15) is 4.79 Å². The number of H-pyrrole nitrogens is 2. The number of nitrogens with one attached hydrogen (secondary N) is 4. The maximum Gasteiger partial charge on any atom is 0.408 e. The maximum absolute atomic E-state index is 12.6. The van der Waals surface area contributed by atoms with Gasteiger partial charge in [0.2, 0.25) is 0 Å². The van der Waals surface area contributed by atoms with Crippen molar-refractivity contribution < 1.29 is 9.53 Å². The first-order chi connectivity index (χ1) is 21.2. The van der Waals surface area contributed by atoms with Gasteiger partial charge in [-0.1, -0.05) is 24.3 Å². The van der Waals surface area contributed by atoms with Gasteiger partial charge in [0.1, 0.15) is 22.8 Å². The Bertz CT molecular complexity index is 2040. The third kappa shape index (κ3) is 4.84. The Kier molecular flexibility index (Phi) is 6.32. The summed E-state index contributed by atoms with van der Waals surface area (Å²) in [4.78, 5) is 32.0. The number of ether oxygens (including phenoxy) is 1. The summed E-state index contributed by atoms with van der Waals surface area (Å²) in [5.74, 6) is 1.84. The summed E-state index contributed by atoms with van der Waals surface area (Å²) in [6.45, 7) is 6.68. The molecule has 3 aromatic heterocycles. The van der Waals surface area contributed by atoms with Crippen LogP contribution in [0.4, 0.5) is 4.79 Å². The van der Waals surface area contributed by atoms with Gasteiger partial charge < -0.3 is 25.3 Å². The van der Waals surface area contributed by atoms with Gasteiger partial charge in [0.15, 0.2) is 0 Å². The van der Waals surface area contributed by atoms with Crippen LogP contribution in [0.5, 0.6) is 0 Å². The van der Waals surface area contributed by atoms with Gasteiger partial charge >= 0.3 is 6.09 Å². The van der Waals surface area contributed by atoms with Gasteiger partial charge in [-0.25, -0.2) is 14.8 Å². The normalized spacial score (nSPS) is 18.2. The largest absolute Gasteiger partial charge is 0.444 e. The lowest BCUT2D eigenvalue weighted by atomic mass is 9.76. The minimum Gasteiger partial charge on any atom is -0.444 e. The third-order valence-corrected chi connectivity index (χ3v) is 10.1. The average Bonchev–Trinajstić information content (AvgIpc) is 3.78. The molecule has 0 radical (unpaired) electrons. The van der Waals surface area contributed by atoms with Crippen LogP contribution >= 0.6 is 11.3 Å². The van der Waals surface area contributed by atoms with E-state index in [4.69, 9.17) is 14.7 Å². The van der Waals surface area contributed by atoms with Crippen LogP contribution < -0.4 is 10.6 Å². The molecule has 0 spiro atoms. The Hall–Kier alpha value is -4.21. The summed E-state index contributed by atoms with van der Waals surface area (Å²) in [5.41, 5.74) is 5.27. The highest BCUT2D eigenvalue weighted by atomic mass is 32.1. The summed E-state index contributed by atoms with van der Waals surface area (Å²) < 4.78 is 5.55. The van der Waals surface area contributed by atoms with E-state index in [1.165, 1.54) is 32.5 Å². The minimum absolute atomic E-state index is 0.321. The highest BCUT2D eigenvalue weighted by Gasteiger charge is 2.44. The zero-order chi connectivity index (χ0) is 30.1. The first-order valence-corrected chi connectivity index (χ1v) is 16.3. The molecule has 44 heavy (non-hydrogen) atoms. The molecule has 1 atom stereocenters. The number of alkyl carbamates (subject to hydrolysis) is 1. The van der Waals surface area contributed by atoms with Crippen LogP contribution in [0.3, 0.4) is 0 Å². The van der Waals surface area contributed by atoms with E-state index in [2.05, 4.69) is 81.3 Å².